The lowest BCUT2D eigenvalue weighted by molar-refractivity contribution is -0.166. The van der Waals surface area contributed by atoms with E-state index in [2.05, 4.69) is 6.58 Å². The monoisotopic (exact) mass is 298 g/mol. The van der Waals surface area contributed by atoms with E-state index in [1.54, 1.807) is 19.9 Å². The van der Waals surface area contributed by atoms with Gasteiger partial charge in [-0.1, -0.05) is 13.5 Å². The maximum atomic E-state index is 11.7. The van der Waals surface area contributed by atoms with Crippen molar-refractivity contribution in [3.8, 4) is 0 Å². The summed E-state index contributed by atoms with van der Waals surface area (Å²) in [4.78, 5) is 22.6. The minimum atomic E-state index is -0.851. The van der Waals surface area contributed by atoms with Gasteiger partial charge >= 0.3 is 11.9 Å². The molecule has 0 fully saturated rings. The van der Waals surface area contributed by atoms with E-state index >= 15 is 0 Å². The summed E-state index contributed by atoms with van der Waals surface area (Å²) in [6, 6.07) is 0. The Kier molecular flexibility index (Phi) is 9.17. The van der Waals surface area contributed by atoms with Gasteiger partial charge in [-0.3, -0.25) is 4.79 Å². The number of rotatable bonds is 10. The zero-order valence-corrected chi connectivity index (χ0v) is 13.2. The summed E-state index contributed by atoms with van der Waals surface area (Å²) >= 11 is 0. The molecular formula is C16H26O5. The highest BCUT2D eigenvalue weighted by Crippen LogP contribution is 2.13. The lowest BCUT2D eigenvalue weighted by Gasteiger charge is -2.24. The highest BCUT2D eigenvalue weighted by molar-refractivity contribution is 5.81. The van der Waals surface area contributed by atoms with E-state index in [1.807, 2.05) is 6.92 Å². The van der Waals surface area contributed by atoms with Gasteiger partial charge in [0.05, 0.1) is 5.76 Å². The Morgan fingerprint density at radius 1 is 1.29 bits per heavy atom. The maximum Gasteiger partial charge on any atom is 0.330 e. The first-order chi connectivity index (χ1) is 9.80. The number of esters is 2. The van der Waals surface area contributed by atoms with Crippen LogP contribution in [0.25, 0.3) is 0 Å². The topological polar surface area (TPSA) is 72.8 Å². The van der Waals surface area contributed by atoms with Crippen LogP contribution >= 0.6 is 0 Å². The fourth-order valence-corrected chi connectivity index (χ4v) is 1.52. The molecule has 0 unspecified atom stereocenters. The summed E-state index contributed by atoms with van der Waals surface area (Å²) in [6.45, 7) is 8.54. The second-order valence-corrected chi connectivity index (χ2v) is 5.34. The highest BCUT2D eigenvalue weighted by atomic mass is 16.6. The van der Waals surface area contributed by atoms with E-state index in [-0.39, 0.29) is 12.6 Å². The number of aliphatic hydroxyl groups excluding tert-OH is 1. The SMILES string of the molecule is C=CC(=O)OCC(C)(C)OC(=O)CCCC/C=C(/O)CC. The van der Waals surface area contributed by atoms with Crippen molar-refractivity contribution < 1.29 is 24.2 Å². The molecule has 0 aliphatic heterocycles. The third-order valence-corrected chi connectivity index (χ3v) is 2.70. The van der Waals surface area contributed by atoms with Gasteiger partial charge in [0, 0.05) is 18.9 Å². The Bertz CT molecular complexity index is 382. The molecule has 120 valence electrons. The van der Waals surface area contributed by atoms with Crippen molar-refractivity contribution in [2.24, 2.45) is 0 Å². The first kappa shape index (κ1) is 19.2. The van der Waals surface area contributed by atoms with Gasteiger partial charge in [-0.25, -0.2) is 4.79 Å². The Balaban J connectivity index is 3.91. The maximum absolute atomic E-state index is 11.7. The number of hydrogen-bond acceptors (Lipinski definition) is 5. The Labute approximate surface area is 126 Å². The zero-order valence-electron chi connectivity index (χ0n) is 13.2. The van der Waals surface area contributed by atoms with Gasteiger partial charge in [0.1, 0.15) is 12.2 Å². The molecule has 0 rings (SSSR count). The molecule has 0 heterocycles. The van der Waals surface area contributed by atoms with Crippen molar-refractivity contribution in [3.63, 3.8) is 0 Å². The molecule has 0 atom stereocenters. The smallest absolute Gasteiger partial charge is 0.330 e. The molecule has 1 N–H and O–H groups in total. The molecule has 0 spiro atoms. The van der Waals surface area contributed by atoms with Gasteiger partial charge in [-0.2, -0.15) is 0 Å². The van der Waals surface area contributed by atoms with Crippen LogP contribution in [0.4, 0.5) is 0 Å². The van der Waals surface area contributed by atoms with Crippen LogP contribution in [0, 0.1) is 0 Å². The zero-order chi connectivity index (χ0) is 16.3. The number of ether oxygens (including phenoxy) is 2. The van der Waals surface area contributed by atoms with Crippen molar-refractivity contribution >= 4 is 11.9 Å². The number of unbranched alkanes of at least 4 members (excludes halogenated alkanes) is 2. The fraction of sp³-hybridized carbons (Fsp3) is 0.625. The molecule has 0 amide bonds. The molecule has 0 aliphatic carbocycles. The minimum Gasteiger partial charge on any atom is -0.513 e. The molecular weight excluding hydrogens is 272 g/mol. The second kappa shape index (κ2) is 10.0. The molecule has 21 heavy (non-hydrogen) atoms. The lowest BCUT2D eigenvalue weighted by atomic mass is 10.1. The standard InChI is InChI=1S/C16H26O5/c1-5-13(17)10-8-7-9-11-15(19)21-16(3,4)12-20-14(18)6-2/h6,10,17H,2,5,7-9,11-12H2,1,3-4H3/b13-10+. The summed E-state index contributed by atoms with van der Waals surface area (Å²) < 4.78 is 10.1. The van der Waals surface area contributed by atoms with Gasteiger partial charge in [0.25, 0.3) is 0 Å². The lowest BCUT2D eigenvalue weighted by Crippen LogP contribution is -2.34. The van der Waals surface area contributed by atoms with Crippen molar-refractivity contribution in [2.75, 3.05) is 6.61 Å². The van der Waals surface area contributed by atoms with Gasteiger partial charge < -0.3 is 14.6 Å². The number of allylic oxidation sites excluding steroid dienone is 2. The van der Waals surface area contributed by atoms with E-state index in [0.717, 1.165) is 18.9 Å². The summed E-state index contributed by atoms with van der Waals surface area (Å²) in [6.07, 6.45) is 6.01. The number of carbonyl (C=O) groups excluding carboxylic acids is 2. The molecule has 0 saturated heterocycles. The Morgan fingerprint density at radius 2 is 1.95 bits per heavy atom. The Morgan fingerprint density at radius 3 is 2.52 bits per heavy atom. The van der Waals surface area contributed by atoms with E-state index in [9.17, 15) is 14.7 Å². The summed E-state index contributed by atoms with van der Waals surface area (Å²) in [5, 5.41) is 9.26. The van der Waals surface area contributed by atoms with Crippen LogP contribution in [0.15, 0.2) is 24.5 Å². The fourth-order valence-electron chi connectivity index (χ4n) is 1.52. The van der Waals surface area contributed by atoms with Crippen molar-refractivity contribution in [3.05, 3.63) is 24.5 Å². The van der Waals surface area contributed by atoms with Crippen LogP contribution in [0.5, 0.6) is 0 Å². The highest BCUT2D eigenvalue weighted by Gasteiger charge is 2.24. The van der Waals surface area contributed by atoms with Crippen LogP contribution in [0.1, 0.15) is 52.9 Å². The predicted octanol–water partition coefficient (Wildman–Crippen LogP) is 3.45. The molecule has 0 bridgehead atoms. The van der Waals surface area contributed by atoms with Crippen molar-refractivity contribution in [1.82, 2.24) is 0 Å². The van der Waals surface area contributed by atoms with Crippen molar-refractivity contribution in [2.45, 2.75) is 58.5 Å². The van der Waals surface area contributed by atoms with E-state index < -0.39 is 11.6 Å². The first-order valence-electron chi connectivity index (χ1n) is 7.19. The third kappa shape index (κ3) is 10.6. The van der Waals surface area contributed by atoms with Crippen LogP contribution in [-0.2, 0) is 19.1 Å². The van der Waals surface area contributed by atoms with Crippen LogP contribution in [0.3, 0.4) is 0 Å². The molecule has 0 saturated carbocycles. The van der Waals surface area contributed by atoms with Crippen LogP contribution in [-0.4, -0.2) is 29.3 Å². The van der Waals surface area contributed by atoms with Gasteiger partial charge in [0.2, 0.25) is 0 Å². The van der Waals surface area contributed by atoms with Crippen LogP contribution < -0.4 is 0 Å². The molecule has 5 nitrogen and oxygen atoms in total. The molecule has 0 aliphatic rings. The summed E-state index contributed by atoms with van der Waals surface area (Å²) in [7, 11) is 0. The average Bonchev–Trinajstić information content (AvgIpc) is 2.43. The minimum absolute atomic E-state index is 0.00327. The van der Waals surface area contributed by atoms with Crippen molar-refractivity contribution in [1.29, 1.82) is 0 Å². The Hall–Kier alpha value is -1.78. The summed E-state index contributed by atoms with van der Waals surface area (Å²) in [5.74, 6) is -0.484. The number of carbonyl (C=O) groups is 2. The van der Waals surface area contributed by atoms with E-state index in [4.69, 9.17) is 9.47 Å². The van der Waals surface area contributed by atoms with Crippen LogP contribution in [0.2, 0.25) is 0 Å². The second-order valence-electron chi connectivity index (χ2n) is 5.34. The number of hydrogen-bond donors (Lipinski definition) is 1. The van der Waals surface area contributed by atoms with Gasteiger partial charge in [-0.15, -0.1) is 0 Å². The molecule has 5 heteroatoms. The van der Waals surface area contributed by atoms with E-state index in [0.29, 0.717) is 25.0 Å². The van der Waals surface area contributed by atoms with Gasteiger partial charge in [0.15, 0.2) is 0 Å². The normalized spacial score (nSPS) is 11.9. The predicted molar refractivity (Wildman–Crippen MR) is 80.8 cm³/mol. The van der Waals surface area contributed by atoms with Gasteiger partial charge in [-0.05, 0) is 39.2 Å². The third-order valence-electron chi connectivity index (χ3n) is 2.70. The quantitative estimate of drug-likeness (QED) is 0.289. The molecule has 0 radical (unpaired) electrons. The van der Waals surface area contributed by atoms with E-state index in [1.165, 1.54) is 0 Å². The molecule has 0 aromatic heterocycles. The average molecular weight is 298 g/mol. The molecule has 0 aromatic carbocycles. The summed E-state index contributed by atoms with van der Waals surface area (Å²) in [5.41, 5.74) is -0.851. The molecule has 0 aromatic rings. The first-order valence-corrected chi connectivity index (χ1v) is 7.19. The number of aliphatic hydroxyl groups is 1. The largest absolute Gasteiger partial charge is 0.513 e.